The maximum Gasteiger partial charge on any atom is 0.139 e. The van der Waals surface area contributed by atoms with E-state index in [-0.39, 0.29) is 0 Å². The van der Waals surface area contributed by atoms with E-state index in [9.17, 15) is 4.79 Å². The topological polar surface area (TPSA) is 17.1 Å². The zero-order valence-corrected chi connectivity index (χ0v) is 12.3. The van der Waals surface area contributed by atoms with Crippen molar-refractivity contribution in [1.82, 2.24) is 0 Å². The van der Waals surface area contributed by atoms with E-state index in [0.29, 0.717) is 29.5 Å². The number of rotatable bonds is 4. The number of Topliss-reactive ketones (excluding diaryl/α,β-unsaturated/α-hetero) is 1. The number of carbonyl (C=O) groups excluding carboxylic acids is 1. The van der Waals surface area contributed by atoms with Gasteiger partial charge in [-0.2, -0.15) is 0 Å². The summed E-state index contributed by atoms with van der Waals surface area (Å²) in [4.78, 5) is 12.6. The normalized spacial score (nSPS) is 26.8. The first-order valence-electron chi connectivity index (χ1n) is 8.24. The molecule has 0 aliphatic heterocycles. The van der Waals surface area contributed by atoms with Crippen LogP contribution in [0.3, 0.4) is 0 Å². The van der Waals surface area contributed by atoms with Gasteiger partial charge < -0.3 is 0 Å². The molecule has 18 heavy (non-hydrogen) atoms. The Bertz CT molecular complexity index is 233. The molecule has 2 rings (SSSR count). The number of hydrogen-bond donors (Lipinski definition) is 0. The molecule has 0 radical (unpaired) electrons. The van der Waals surface area contributed by atoms with Gasteiger partial charge in [-0.3, -0.25) is 4.79 Å². The smallest absolute Gasteiger partial charge is 0.139 e. The van der Waals surface area contributed by atoms with Crippen molar-refractivity contribution in [3.63, 3.8) is 0 Å². The van der Waals surface area contributed by atoms with Crippen LogP contribution in [-0.2, 0) is 4.79 Å². The quantitative estimate of drug-likeness (QED) is 0.687. The molecule has 2 unspecified atom stereocenters. The van der Waals surface area contributed by atoms with E-state index < -0.39 is 0 Å². The molecule has 0 aromatic rings. The second kappa shape index (κ2) is 6.73. The van der Waals surface area contributed by atoms with Gasteiger partial charge >= 0.3 is 0 Å². The lowest BCUT2D eigenvalue weighted by molar-refractivity contribution is -0.129. The Balaban J connectivity index is 1.87. The summed E-state index contributed by atoms with van der Waals surface area (Å²) in [6.07, 6.45) is 13.3. The maximum atomic E-state index is 12.6. The zero-order valence-electron chi connectivity index (χ0n) is 12.3. The number of hydrogen-bond acceptors (Lipinski definition) is 1. The molecule has 2 atom stereocenters. The van der Waals surface area contributed by atoms with Crippen molar-refractivity contribution in [2.24, 2.45) is 23.7 Å². The molecule has 2 saturated carbocycles. The van der Waals surface area contributed by atoms with Crippen molar-refractivity contribution in [1.29, 1.82) is 0 Å². The lowest BCUT2D eigenvalue weighted by Crippen LogP contribution is -2.32. The van der Waals surface area contributed by atoms with Gasteiger partial charge in [-0.05, 0) is 37.5 Å². The van der Waals surface area contributed by atoms with Crippen LogP contribution in [-0.4, -0.2) is 5.78 Å². The third-order valence-corrected chi connectivity index (χ3v) is 5.61. The molecule has 2 aliphatic rings. The summed E-state index contributed by atoms with van der Waals surface area (Å²) in [5.41, 5.74) is 0. The highest BCUT2D eigenvalue weighted by Gasteiger charge is 2.32. The Kier molecular flexibility index (Phi) is 5.26. The molecule has 0 aromatic heterocycles. The lowest BCUT2D eigenvalue weighted by atomic mass is 9.72. The predicted molar refractivity (Wildman–Crippen MR) is 76.5 cm³/mol. The zero-order chi connectivity index (χ0) is 13.0. The maximum absolute atomic E-state index is 12.6. The van der Waals surface area contributed by atoms with Crippen LogP contribution in [0.15, 0.2) is 0 Å². The van der Waals surface area contributed by atoms with E-state index in [2.05, 4.69) is 13.8 Å². The lowest BCUT2D eigenvalue weighted by Gasteiger charge is -2.32. The Labute approximate surface area is 113 Å². The van der Waals surface area contributed by atoms with Crippen molar-refractivity contribution >= 4 is 5.78 Å². The van der Waals surface area contributed by atoms with Crippen molar-refractivity contribution < 1.29 is 4.79 Å². The molecule has 0 heterocycles. The van der Waals surface area contributed by atoms with Gasteiger partial charge in [0.25, 0.3) is 0 Å². The Morgan fingerprint density at radius 1 is 0.722 bits per heavy atom. The highest BCUT2D eigenvalue weighted by molar-refractivity contribution is 5.83. The molecule has 1 heteroatoms. The van der Waals surface area contributed by atoms with Crippen molar-refractivity contribution in [2.45, 2.75) is 78.1 Å². The van der Waals surface area contributed by atoms with Crippen LogP contribution in [0.4, 0.5) is 0 Å². The van der Waals surface area contributed by atoms with Gasteiger partial charge in [0.2, 0.25) is 0 Å². The average molecular weight is 250 g/mol. The van der Waals surface area contributed by atoms with E-state index in [1.807, 2.05) is 0 Å². The summed E-state index contributed by atoms with van der Waals surface area (Å²) < 4.78 is 0. The minimum absolute atomic E-state index is 0.322. The molecule has 0 N–H and O–H groups in total. The molecule has 104 valence electrons. The monoisotopic (exact) mass is 250 g/mol. The van der Waals surface area contributed by atoms with Gasteiger partial charge in [0.15, 0.2) is 0 Å². The first-order valence-corrected chi connectivity index (χ1v) is 8.24. The molecule has 0 aromatic carbocycles. The van der Waals surface area contributed by atoms with E-state index in [4.69, 9.17) is 0 Å². The van der Waals surface area contributed by atoms with Crippen LogP contribution >= 0.6 is 0 Å². The van der Waals surface area contributed by atoms with Crippen LogP contribution < -0.4 is 0 Å². The van der Waals surface area contributed by atoms with Crippen molar-refractivity contribution in [3.05, 3.63) is 0 Å². The summed E-state index contributed by atoms with van der Waals surface area (Å²) in [6, 6.07) is 0. The first kappa shape index (κ1) is 14.1. The highest BCUT2D eigenvalue weighted by atomic mass is 16.1. The fourth-order valence-electron chi connectivity index (χ4n) is 4.15. The molecule has 0 amide bonds. The van der Waals surface area contributed by atoms with E-state index in [0.717, 1.165) is 0 Å². The number of ketones is 1. The molecule has 2 aliphatic carbocycles. The van der Waals surface area contributed by atoms with Crippen LogP contribution in [0.5, 0.6) is 0 Å². The second-order valence-corrected chi connectivity index (χ2v) is 6.78. The number of carbonyl (C=O) groups is 1. The van der Waals surface area contributed by atoms with Gasteiger partial charge in [0.05, 0.1) is 0 Å². The molecular weight excluding hydrogens is 220 g/mol. The standard InChI is InChI=1S/C17H30O/c1-13(15-9-5-3-6-10-15)17(18)14(2)16-11-7-4-8-12-16/h13-16H,3-12H2,1-2H3. The third-order valence-electron chi connectivity index (χ3n) is 5.61. The minimum Gasteiger partial charge on any atom is -0.299 e. The van der Waals surface area contributed by atoms with Crippen molar-refractivity contribution in [2.75, 3.05) is 0 Å². The van der Waals surface area contributed by atoms with Crippen LogP contribution in [0.1, 0.15) is 78.1 Å². The fourth-order valence-corrected chi connectivity index (χ4v) is 4.15. The fraction of sp³-hybridized carbons (Fsp3) is 0.941. The summed E-state index contributed by atoms with van der Waals surface area (Å²) in [5.74, 6) is 2.60. The summed E-state index contributed by atoms with van der Waals surface area (Å²) in [5, 5.41) is 0. The van der Waals surface area contributed by atoms with Gasteiger partial charge in [-0.25, -0.2) is 0 Å². The Hall–Kier alpha value is -0.330. The van der Waals surface area contributed by atoms with E-state index in [1.165, 1.54) is 64.2 Å². The van der Waals surface area contributed by atoms with Crippen LogP contribution in [0.2, 0.25) is 0 Å². The Morgan fingerprint density at radius 3 is 1.39 bits per heavy atom. The molecule has 2 fully saturated rings. The molecule has 1 nitrogen and oxygen atoms in total. The molecule has 0 saturated heterocycles. The van der Waals surface area contributed by atoms with Gasteiger partial charge in [0, 0.05) is 11.8 Å². The summed E-state index contributed by atoms with van der Waals surface area (Å²) in [6.45, 7) is 4.41. The largest absolute Gasteiger partial charge is 0.299 e. The van der Waals surface area contributed by atoms with Gasteiger partial charge in [-0.1, -0.05) is 52.4 Å². The van der Waals surface area contributed by atoms with Gasteiger partial charge in [-0.15, -0.1) is 0 Å². The van der Waals surface area contributed by atoms with Crippen LogP contribution in [0.25, 0.3) is 0 Å². The minimum atomic E-state index is 0.322. The SMILES string of the molecule is CC(C(=O)C(C)C1CCCCC1)C1CCCCC1. The summed E-state index contributed by atoms with van der Waals surface area (Å²) in [7, 11) is 0. The second-order valence-electron chi connectivity index (χ2n) is 6.78. The van der Waals surface area contributed by atoms with Crippen molar-refractivity contribution in [3.8, 4) is 0 Å². The predicted octanol–water partition coefficient (Wildman–Crippen LogP) is 4.99. The summed E-state index contributed by atoms with van der Waals surface area (Å²) >= 11 is 0. The highest BCUT2D eigenvalue weighted by Crippen LogP contribution is 2.36. The third kappa shape index (κ3) is 3.36. The Morgan fingerprint density at radius 2 is 1.06 bits per heavy atom. The van der Waals surface area contributed by atoms with E-state index in [1.54, 1.807) is 0 Å². The van der Waals surface area contributed by atoms with Crippen LogP contribution in [0, 0.1) is 23.7 Å². The first-order chi connectivity index (χ1) is 8.70. The average Bonchev–Trinajstić information content (AvgIpc) is 2.47. The van der Waals surface area contributed by atoms with E-state index >= 15 is 0 Å². The molecule has 0 bridgehead atoms. The molecular formula is C17H30O. The molecule has 0 spiro atoms. The van der Waals surface area contributed by atoms with Gasteiger partial charge in [0.1, 0.15) is 5.78 Å².